The van der Waals surface area contributed by atoms with Gasteiger partial charge < -0.3 is 9.64 Å². The fraction of sp³-hybridized carbons (Fsp3) is 0.136. The Bertz CT molecular complexity index is 996. The normalized spacial score (nSPS) is 16.1. The zero-order valence-corrected chi connectivity index (χ0v) is 17.2. The quantitative estimate of drug-likeness (QED) is 0.466. The predicted octanol–water partition coefficient (Wildman–Crippen LogP) is 3.62. The molecule has 2 aromatic rings. The highest BCUT2D eigenvalue weighted by atomic mass is 32.1. The van der Waals surface area contributed by atoms with Gasteiger partial charge in [0, 0.05) is 20.3 Å². The molecule has 0 aliphatic carbocycles. The molecule has 1 aliphatic rings. The minimum Gasteiger partial charge on any atom is -0.457 e. The number of carbonyl (C=O) groups excluding carboxylic acids is 2. The van der Waals surface area contributed by atoms with Crippen LogP contribution < -0.4 is 15.0 Å². The first-order valence-electron chi connectivity index (χ1n) is 8.94. The van der Waals surface area contributed by atoms with E-state index in [1.165, 1.54) is 4.90 Å². The molecule has 0 aromatic heterocycles. The van der Waals surface area contributed by atoms with Crippen molar-refractivity contribution in [3.05, 3.63) is 78.0 Å². The van der Waals surface area contributed by atoms with Crippen LogP contribution in [0.1, 0.15) is 6.92 Å². The van der Waals surface area contributed by atoms with E-state index in [0.29, 0.717) is 17.2 Å². The van der Waals surface area contributed by atoms with E-state index in [-0.39, 0.29) is 10.7 Å². The second-order valence-corrected chi connectivity index (χ2v) is 7.09. The van der Waals surface area contributed by atoms with Gasteiger partial charge in [-0.05, 0) is 67.2 Å². The van der Waals surface area contributed by atoms with Gasteiger partial charge in [-0.15, -0.1) is 0 Å². The number of amides is 2. The number of hydrogen-bond donors (Lipinski definition) is 1. The van der Waals surface area contributed by atoms with Crippen molar-refractivity contribution in [3.8, 4) is 11.5 Å². The summed E-state index contributed by atoms with van der Waals surface area (Å²) in [5.74, 6) is 0.360. The Kier molecular flexibility index (Phi) is 6.09. The van der Waals surface area contributed by atoms with Gasteiger partial charge >= 0.3 is 0 Å². The van der Waals surface area contributed by atoms with Crippen molar-refractivity contribution in [1.29, 1.82) is 0 Å². The highest BCUT2D eigenvalue weighted by Gasteiger charge is 2.34. The Morgan fingerprint density at radius 2 is 1.66 bits per heavy atom. The van der Waals surface area contributed by atoms with E-state index in [0.717, 1.165) is 5.57 Å². The molecule has 2 amide bonds. The van der Waals surface area contributed by atoms with Crippen LogP contribution in [0.15, 0.2) is 78.0 Å². The Morgan fingerprint density at radius 1 is 1.03 bits per heavy atom. The maximum atomic E-state index is 13.0. The maximum absolute atomic E-state index is 13.0. The molecule has 0 bridgehead atoms. The van der Waals surface area contributed by atoms with Gasteiger partial charge in [-0.25, -0.2) is 0 Å². The second kappa shape index (κ2) is 8.70. The van der Waals surface area contributed by atoms with Crippen LogP contribution in [0.4, 0.5) is 5.69 Å². The lowest BCUT2D eigenvalue weighted by molar-refractivity contribution is -0.122. The second-order valence-electron chi connectivity index (χ2n) is 6.70. The van der Waals surface area contributed by atoms with Crippen LogP contribution in [0, 0.1) is 0 Å². The third-order valence-corrected chi connectivity index (χ3v) is 4.29. The zero-order valence-electron chi connectivity index (χ0n) is 16.4. The average molecular weight is 407 g/mol. The lowest BCUT2D eigenvalue weighted by atomic mass is 10.1. The van der Waals surface area contributed by atoms with Crippen molar-refractivity contribution in [1.82, 2.24) is 10.2 Å². The number of hydrogen-bond acceptors (Lipinski definition) is 5. The number of para-hydroxylation sites is 1. The summed E-state index contributed by atoms with van der Waals surface area (Å²) in [6, 6.07) is 16.3. The first kappa shape index (κ1) is 20.3. The minimum atomic E-state index is -0.508. The molecule has 0 radical (unpaired) electrons. The molecule has 1 fully saturated rings. The van der Waals surface area contributed by atoms with Crippen molar-refractivity contribution in [2.45, 2.75) is 6.92 Å². The SMILES string of the molecule is CC(=C\N(C)C)/C=C1\C(=O)NC(=S)N(c2ccc(Oc3ccccc3)cc2)C1=O. The number of nitrogens with one attached hydrogen (secondary N) is 1. The smallest absolute Gasteiger partial charge is 0.270 e. The van der Waals surface area contributed by atoms with Crippen LogP contribution in [0.2, 0.25) is 0 Å². The summed E-state index contributed by atoms with van der Waals surface area (Å²) in [7, 11) is 3.73. The molecular weight excluding hydrogens is 386 g/mol. The van der Waals surface area contributed by atoms with Crippen LogP contribution in [0.25, 0.3) is 0 Å². The van der Waals surface area contributed by atoms with Gasteiger partial charge in [0.05, 0.1) is 5.69 Å². The molecule has 1 aliphatic heterocycles. The van der Waals surface area contributed by atoms with E-state index in [4.69, 9.17) is 17.0 Å². The third kappa shape index (κ3) is 4.89. The number of carbonyl (C=O) groups is 2. The number of anilines is 1. The fourth-order valence-electron chi connectivity index (χ4n) is 2.85. The Labute approximate surface area is 175 Å². The molecule has 148 valence electrons. The van der Waals surface area contributed by atoms with Crippen LogP contribution in [0.3, 0.4) is 0 Å². The topological polar surface area (TPSA) is 61.9 Å². The number of ether oxygens (including phenoxy) is 1. The molecule has 1 saturated heterocycles. The van der Waals surface area contributed by atoms with Crippen molar-refractivity contribution in [2.24, 2.45) is 0 Å². The summed E-state index contributed by atoms with van der Waals surface area (Å²) in [4.78, 5) is 28.4. The van der Waals surface area contributed by atoms with Crippen LogP contribution in [-0.4, -0.2) is 35.9 Å². The summed E-state index contributed by atoms with van der Waals surface area (Å²) < 4.78 is 5.77. The maximum Gasteiger partial charge on any atom is 0.270 e. The van der Waals surface area contributed by atoms with Gasteiger partial charge in [0.1, 0.15) is 17.1 Å². The molecule has 0 atom stereocenters. The minimum absolute atomic E-state index is 0.0267. The van der Waals surface area contributed by atoms with Gasteiger partial charge in [-0.3, -0.25) is 19.8 Å². The van der Waals surface area contributed by atoms with E-state index >= 15 is 0 Å². The summed E-state index contributed by atoms with van der Waals surface area (Å²) in [5.41, 5.74) is 1.34. The Morgan fingerprint density at radius 3 is 2.28 bits per heavy atom. The largest absolute Gasteiger partial charge is 0.457 e. The van der Waals surface area contributed by atoms with Crippen molar-refractivity contribution >= 4 is 34.8 Å². The molecule has 0 unspecified atom stereocenters. The van der Waals surface area contributed by atoms with E-state index in [9.17, 15) is 9.59 Å². The van der Waals surface area contributed by atoms with Gasteiger partial charge in [0.2, 0.25) is 0 Å². The highest BCUT2D eigenvalue weighted by Crippen LogP contribution is 2.26. The first-order chi connectivity index (χ1) is 13.8. The molecule has 1 heterocycles. The van der Waals surface area contributed by atoms with Crippen LogP contribution in [-0.2, 0) is 9.59 Å². The number of thiocarbonyl (C=S) groups is 1. The zero-order chi connectivity index (χ0) is 21.0. The Hall–Kier alpha value is -3.45. The van der Waals surface area contributed by atoms with Crippen molar-refractivity contribution < 1.29 is 14.3 Å². The predicted molar refractivity (Wildman–Crippen MR) is 117 cm³/mol. The van der Waals surface area contributed by atoms with Crippen molar-refractivity contribution in [2.75, 3.05) is 19.0 Å². The number of rotatable bonds is 5. The first-order valence-corrected chi connectivity index (χ1v) is 9.35. The molecule has 2 aromatic carbocycles. The summed E-state index contributed by atoms with van der Waals surface area (Å²) >= 11 is 5.23. The van der Waals surface area contributed by atoms with Gasteiger partial charge in [0.25, 0.3) is 11.8 Å². The molecule has 1 N–H and O–H groups in total. The summed E-state index contributed by atoms with van der Waals surface area (Å²) in [5, 5.41) is 2.62. The van der Waals surface area contributed by atoms with Gasteiger partial charge in [-0.2, -0.15) is 0 Å². The average Bonchev–Trinajstić information content (AvgIpc) is 2.66. The highest BCUT2D eigenvalue weighted by molar-refractivity contribution is 7.80. The molecule has 7 heteroatoms. The summed E-state index contributed by atoms with van der Waals surface area (Å²) in [6.07, 6.45) is 3.37. The lowest BCUT2D eigenvalue weighted by Gasteiger charge is -2.29. The molecule has 0 spiro atoms. The number of benzene rings is 2. The van der Waals surface area contributed by atoms with Crippen LogP contribution in [0.5, 0.6) is 11.5 Å². The van der Waals surface area contributed by atoms with E-state index < -0.39 is 11.8 Å². The van der Waals surface area contributed by atoms with Crippen LogP contribution >= 0.6 is 12.2 Å². The van der Waals surface area contributed by atoms with E-state index in [2.05, 4.69) is 5.32 Å². The third-order valence-electron chi connectivity index (χ3n) is 4.01. The number of allylic oxidation sites excluding steroid dienone is 2. The summed E-state index contributed by atoms with van der Waals surface area (Å²) in [6.45, 7) is 1.82. The molecule has 6 nitrogen and oxygen atoms in total. The monoisotopic (exact) mass is 407 g/mol. The lowest BCUT2D eigenvalue weighted by Crippen LogP contribution is -2.54. The molecule has 0 saturated carbocycles. The fourth-order valence-corrected chi connectivity index (χ4v) is 3.13. The van der Waals surface area contributed by atoms with Crippen molar-refractivity contribution in [3.63, 3.8) is 0 Å². The number of nitrogens with zero attached hydrogens (tertiary/aromatic N) is 2. The Balaban J connectivity index is 1.85. The van der Waals surface area contributed by atoms with Gasteiger partial charge in [0.15, 0.2) is 5.11 Å². The van der Waals surface area contributed by atoms with E-state index in [1.807, 2.05) is 62.5 Å². The standard InChI is InChI=1S/C22H21N3O3S/c1-15(14-24(2)3)13-19-20(26)23-22(29)25(21(19)27)16-9-11-18(12-10-16)28-17-7-5-4-6-8-17/h4-14H,1-3H3,(H,23,26,29)/b15-14+,19-13+. The molecule has 3 rings (SSSR count). The van der Waals surface area contributed by atoms with Gasteiger partial charge in [-0.1, -0.05) is 18.2 Å². The molecule has 29 heavy (non-hydrogen) atoms. The van der Waals surface area contributed by atoms with E-state index in [1.54, 1.807) is 30.3 Å². The molecular formula is C22H21N3O3S.